The van der Waals surface area contributed by atoms with Crippen molar-refractivity contribution >= 4 is 50.7 Å². The van der Waals surface area contributed by atoms with Gasteiger partial charge in [-0.05, 0) is 47.7 Å². The number of carbonyl (C=O) groups excluding carboxylic acids is 2. The lowest BCUT2D eigenvalue weighted by molar-refractivity contribution is -0.141. The number of nitrogens with one attached hydrogen (secondary N) is 1. The topological polar surface area (TPSA) is 86.8 Å². The predicted molar refractivity (Wildman–Crippen MR) is 167 cm³/mol. The fourth-order valence-corrected chi connectivity index (χ4v) is 5.73. The fourth-order valence-electron chi connectivity index (χ4n) is 4.46. The normalized spacial score (nSPS) is 12.2. The molecule has 7 nitrogen and oxygen atoms in total. The second-order valence-corrected chi connectivity index (χ2v) is 13.4. The highest BCUT2D eigenvalue weighted by molar-refractivity contribution is 7.92. The maximum absolute atomic E-state index is 13.9. The van der Waals surface area contributed by atoms with Crippen LogP contribution < -0.4 is 9.62 Å². The Morgan fingerprint density at radius 3 is 2.21 bits per heavy atom. The third kappa shape index (κ3) is 10.2. The summed E-state index contributed by atoms with van der Waals surface area (Å²) in [6, 6.07) is 16.2. The smallest absolute Gasteiger partial charge is 0.243 e. The highest BCUT2D eigenvalue weighted by Crippen LogP contribution is 2.25. The Kier molecular flexibility index (Phi) is 12.4. The lowest BCUT2D eigenvalue weighted by Crippen LogP contribution is -2.51. The van der Waals surface area contributed by atoms with Gasteiger partial charge in [0.2, 0.25) is 21.8 Å². The molecule has 0 saturated carbocycles. The van der Waals surface area contributed by atoms with Crippen LogP contribution >= 0.6 is 23.2 Å². The monoisotopic (exact) mass is 653 g/mol. The third-order valence-corrected chi connectivity index (χ3v) is 8.57. The first-order valence-corrected chi connectivity index (χ1v) is 16.3. The van der Waals surface area contributed by atoms with Crippen LogP contribution in [0.2, 0.25) is 10.0 Å². The molecule has 3 aromatic rings. The molecule has 2 amide bonds. The van der Waals surface area contributed by atoms with Crippen molar-refractivity contribution in [2.75, 3.05) is 23.7 Å². The minimum absolute atomic E-state index is 0.0429. The zero-order valence-corrected chi connectivity index (χ0v) is 26.5. The molecule has 0 radical (unpaired) electrons. The van der Waals surface area contributed by atoms with E-state index in [1.807, 2.05) is 44.2 Å². The average molecular weight is 655 g/mol. The third-order valence-electron chi connectivity index (χ3n) is 6.64. The van der Waals surface area contributed by atoms with Crippen molar-refractivity contribution in [2.24, 2.45) is 5.92 Å². The van der Waals surface area contributed by atoms with Crippen molar-refractivity contribution in [2.45, 2.75) is 45.7 Å². The molecule has 43 heavy (non-hydrogen) atoms. The van der Waals surface area contributed by atoms with E-state index in [2.05, 4.69) is 5.32 Å². The highest BCUT2D eigenvalue weighted by Gasteiger charge is 2.31. The van der Waals surface area contributed by atoms with Crippen LogP contribution in [0.1, 0.15) is 37.8 Å². The van der Waals surface area contributed by atoms with Gasteiger partial charge in [0.15, 0.2) is 11.6 Å². The van der Waals surface area contributed by atoms with Gasteiger partial charge in [-0.2, -0.15) is 0 Å². The lowest BCUT2D eigenvalue weighted by atomic mass is 10.0. The summed E-state index contributed by atoms with van der Waals surface area (Å²) in [5, 5.41) is 3.58. The molecule has 0 aromatic heterocycles. The lowest BCUT2D eigenvalue weighted by Gasteiger charge is -2.32. The van der Waals surface area contributed by atoms with Crippen molar-refractivity contribution in [3.8, 4) is 0 Å². The SMILES string of the molecule is CC(C)CNC(=O)[C@H](Cc1ccccc1)N(Cc1ccc(Cl)c(Cl)c1)C(=O)CCCN(c1ccc(F)c(F)c1)S(C)(=O)=O. The van der Waals surface area contributed by atoms with Crippen molar-refractivity contribution < 1.29 is 26.8 Å². The number of rotatable bonds is 14. The number of nitrogens with zero attached hydrogens (tertiary/aromatic N) is 2. The number of carbonyl (C=O) groups is 2. The van der Waals surface area contributed by atoms with Gasteiger partial charge in [-0.15, -0.1) is 0 Å². The zero-order valence-electron chi connectivity index (χ0n) is 24.2. The maximum Gasteiger partial charge on any atom is 0.243 e. The molecule has 0 unspecified atom stereocenters. The van der Waals surface area contributed by atoms with E-state index in [9.17, 15) is 26.8 Å². The second-order valence-electron chi connectivity index (χ2n) is 10.7. The summed E-state index contributed by atoms with van der Waals surface area (Å²) in [5.41, 5.74) is 1.44. The van der Waals surface area contributed by atoms with Crippen LogP contribution in [0.4, 0.5) is 14.5 Å². The van der Waals surface area contributed by atoms with E-state index in [1.165, 1.54) is 4.90 Å². The van der Waals surface area contributed by atoms with E-state index >= 15 is 0 Å². The van der Waals surface area contributed by atoms with E-state index in [-0.39, 0.29) is 49.9 Å². The molecular weight excluding hydrogens is 619 g/mol. The van der Waals surface area contributed by atoms with Gasteiger partial charge in [0, 0.05) is 38.5 Å². The molecule has 0 spiro atoms. The first-order valence-electron chi connectivity index (χ1n) is 13.7. The first kappa shape index (κ1) is 34.3. The van der Waals surface area contributed by atoms with E-state index in [0.29, 0.717) is 22.2 Å². The molecule has 1 atom stereocenters. The largest absolute Gasteiger partial charge is 0.354 e. The van der Waals surface area contributed by atoms with Gasteiger partial charge in [-0.1, -0.05) is 73.4 Å². The van der Waals surface area contributed by atoms with Gasteiger partial charge in [-0.25, -0.2) is 17.2 Å². The van der Waals surface area contributed by atoms with Crippen molar-refractivity contribution in [1.29, 1.82) is 0 Å². The number of sulfonamides is 1. The molecule has 0 aliphatic carbocycles. The summed E-state index contributed by atoms with van der Waals surface area (Å²) < 4.78 is 53.3. The van der Waals surface area contributed by atoms with E-state index in [0.717, 1.165) is 34.3 Å². The number of benzene rings is 3. The molecule has 232 valence electrons. The Balaban J connectivity index is 1.91. The van der Waals surface area contributed by atoms with Gasteiger partial charge < -0.3 is 10.2 Å². The average Bonchev–Trinajstić information content (AvgIpc) is 2.95. The Labute approximate surface area is 261 Å². The minimum Gasteiger partial charge on any atom is -0.354 e. The van der Waals surface area contributed by atoms with Crippen molar-refractivity contribution in [1.82, 2.24) is 10.2 Å². The van der Waals surface area contributed by atoms with Crippen LogP contribution in [-0.2, 0) is 32.6 Å². The van der Waals surface area contributed by atoms with E-state index in [4.69, 9.17) is 23.2 Å². The quantitative estimate of drug-likeness (QED) is 0.223. The Bertz CT molecular complexity index is 1520. The summed E-state index contributed by atoms with van der Waals surface area (Å²) in [6.07, 6.45) is 1.11. The molecular formula is C31H35Cl2F2N3O4S. The number of halogens is 4. The molecule has 3 aromatic carbocycles. The van der Waals surface area contributed by atoms with Gasteiger partial charge in [-0.3, -0.25) is 13.9 Å². The Hall–Kier alpha value is -3.21. The van der Waals surface area contributed by atoms with Gasteiger partial charge in [0.25, 0.3) is 0 Å². The summed E-state index contributed by atoms with van der Waals surface area (Å²) in [4.78, 5) is 28.9. The van der Waals surface area contributed by atoms with Crippen LogP contribution in [0.5, 0.6) is 0 Å². The molecule has 0 saturated heterocycles. The second kappa shape index (κ2) is 15.5. The number of hydrogen-bond acceptors (Lipinski definition) is 4. The molecule has 0 fully saturated rings. The molecule has 1 N–H and O–H groups in total. The maximum atomic E-state index is 13.9. The first-order chi connectivity index (χ1) is 20.3. The highest BCUT2D eigenvalue weighted by atomic mass is 35.5. The Morgan fingerprint density at radius 1 is 0.907 bits per heavy atom. The predicted octanol–water partition coefficient (Wildman–Crippen LogP) is 6.23. The standard InChI is InChI=1S/C31H35Cl2F2N3O4S/c1-21(2)19-36-31(40)29(17-22-8-5-4-6-9-22)37(20-23-11-13-25(32)26(33)16-23)30(39)10-7-15-38(43(3,41)42)24-12-14-27(34)28(35)18-24/h4-6,8-9,11-14,16,18,21,29H,7,10,15,17,19-20H2,1-3H3,(H,36,40)/t29-/m0/s1. The van der Waals surface area contributed by atoms with Crippen LogP contribution in [-0.4, -0.2) is 50.5 Å². The summed E-state index contributed by atoms with van der Waals surface area (Å²) in [7, 11) is -3.88. The number of hydrogen-bond donors (Lipinski definition) is 1. The molecule has 3 rings (SSSR count). The van der Waals surface area contributed by atoms with Crippen LogP contribution in [0.25, 0.3) is 0 Å². The summed E-state index contributed by atoms with van der Waals surface area (Å²) >= 11 is 12.3. The van der Waals surface area contributed by atoms with E-state index < -0.39 is 33.6 Å². The number of amides is 2. The van der Waals surface area contributed by atoms with Crippen LogP contribution in [0.15, 0.2) is 66.7 Å². The van der Waals surface area contributed by atoms with Crippen molar-refractivity contribution in [3.63, 3.8) is 0 Å². The molecule has 0 bridgehead atoms. The molecule has 0 heterocycles. The van der Waals surface area contributed by atoms with Gasteiger partial charge in [0.05, 0.1) is 22.0 Å². The summed E-state index contributed by atoms with van der Waals surface area (Å²) in [5.74, 6) is -2.84. The number of anilines is 1. The zero-order chi connectivity index (χ0) is 31.7. The van der Waals surface area contributed by atoms with Gasteiger partial charge >= 0.3 is 0 Å². The minimum atomic E-state index is -3.88. The van der Waals surface area contributed by atoms with Gasteiger partial charge in [0.1, 0.15) is 6.04 Å². The van der Waals surface area contributed by atoms with Crippen LogP contribution in [0, 0.1) is 17.6 Å². The van der Waals surface area contributed by atoms with Crippen LogP contribution in [0.3, 0.4) is 0 Å². The molecule has 0 aliphatic heterocycles. The van der Waals surface area contributed by atoms with E-state index in [1.54, 1.807) is 18.2 Å². The van der Waals surface area contributed by atoms with Crippen molar-refractivity contribution in [3.05, 3.63) is 99.5 Å². The Morgan fingerprint density at radius 2 is 1.60 bits per heavy atom. The molecule has 0 aliphatic rings. The summed E-state index contributed by atoms with van der Waals surface area (Å²) in [6.45, 7) is 4.22. The fraction of sp³-hybridized carbons (Fsp3) is 0.355. The molecule has 12 heteroatoms.